The number of aromatic nitrogens is 4. The molecule has 130 valence electrons. The van der Waals surface area contributed by atoms with Gasteiger partial charge in [0.15, 0.2) is 0 Å². The summed E-state index contributed by atoms with van der Waals surface area (Å²) in [7, 11) is 0. The minimum Gasteiger partial charge on any atom is -0.338 e. The quantitative estimate of drug-likeness (QED) is 0.719. The van der Waals surface area contributed by atoms with Gasteiger partial charge < -0.3 is 14.0 Å². The molecule has 0 aliphatic carbocycles. The number of rotatable bonds is 5. The van der Waals surface area contributed by atoms with Crippen LogP contribution >= 0.6 is 0 Å². The average molecular weight is 337 g/mol. The van der Waals surface area contributed by atoms with Crippen molar-refractivity contribution in [2.75, 3.05) is 6.54 Å². The lowest BCUT2D eigenvalue weighted by Gasteiger charge is -2.36. The molecule has 0 saturated carbocycles. The van der Waals surface area contributed by atoms with E-state index in [1.54, 1.807) is 12.5 Å². The van der Waals surface area contributed by atoms with Crippen molar-refractivity contribution in [2.24, 2.45) is 0 Å². The smallest absolute Gasteiger partial charge is 0.242 e. The summed E-state index contributed by atoms with van der Waals surface area (Å²) in [6.45, 7) is 2.13. The maximum absolute atomic E-state index is 12.9. The van der Waals surface area contributed by atoms with E-state index in [4.69, 9.17) is 0 Å². The van der Waals surface area contributed by atoms with Gasteiger partial charge >= 0.3 is 0 Å². The molecule has 25 heavy (non-hydrogen) atoms. The van der Waals surface area contributed by atoms with Crippen LogP contribution in [0, 0.1) is 0 Å². The summed E-state index contributed by atoms with van der Waals surface area (Å²) in [5.41, 5.74) is 1.95. The summed E-state index contributed by atoms with van der Waals surface area (Å²) in [5, 5.41) is 0. The number of carbonyl (C=O) groups excluding carboxylic acids is 1. The third-order valence-corrected chi connectivity index (χ3v) is 5.06. The van der Waals surface area contributed by atoms with Crippen molar-refractivity contribution in [1.29, 1.82) is 0 Å². The molecular weight excluding hydrogens is 314 g/mol. The monoisotopic (exact) mass is 337 g/mol. The van der Waals surface area contributed by atoms with E-state index in [1.165, 1.54) is 6.42 Å². The maximum atomic E-state index is 12.9. The van der Waals surface area contributed by atoms with E-state index < -0.39 is 0 Å². The molecule has 6 nitrogen and oxygen atoms in total. The van der Waals surface area contributed by atoms with Crippen molar-refractivity contribution < 1.29 is 4.79 Å². The fourth-order valence-corrected chi connectivity index (χ4v) is 3.72. The maximum Gasteiger partial charge on any atom is 0.242 e. The summed E-state index contributed by atoms with van der Waals surface area (Å²) < 4.78 is 4.04. The molecule has 1 aromatic carbocycles. The molecule has 0 radical (unpaired) electrons. The Morgan fingerprint density at radius 2 is 2.12 bits per heavy atom. The van der Waals surface area contributed by atoms with Crippen LogP contribution in [0.25, 0.3) is 11.0 Å². The van der Waals surface area contributed by atoms with Gasteiger partial charge in [-0.05, 0) is 37.8 Å². The molecule has 4 rings (SSSR count). The standard InChI is InChI=1S/C19H23N5O/c25-19(13-23-15-21-17-6-1-2-7-18(17)23)24-10-4-3-5-16(24)8-11-22-12-9-20-14-22/h1-2,6-7,9,12,14-16H,3-5,8,10-11,13H2/t16-/m1/s1. The molecule has 2 aromatic heterocycles. The topological polar surface area (TPSA) is 56.0 Å². The van der Waals surface area contributed by atoms with Crippen LogP contribution in [-0.4, -0.2) is 42.5 Å². The third-order valence-electron chi connectivity index (χ3n) is 5.06. The molecule has 3 aromatic rings. The predicted molar refractivity (Wildman–Crippen MR) is 95.9 cm³/mol. The van der Waals surface area contributed by atoms with Gasteiger partial charge in [0.05, 0.1) is 23.7 Å². The number of likely N-dealkylation sites (tertiary alicyclic amines) is 1. The molecule has 0 unspecified atom stereocenters. The highest BCUT2D eigenvalue weighted by molar-refractivity contribution is 5.80. The number of amides is 1. The predicted octanol–water partition coefficient (Wildman–Crippen LogP) is 2.70. The summed E-state index contributed by atoms with van der Waals surface area (Å²) >= 11 is 0. The van der Waals surface area contributed by atoms with Crippen LogP contribution < -0.4 is 0 Å². The number of aryl methyl sites for hydroxylation is 1. The van der Waals surface area contributed by atoms with Crippen LogP contribution in [0.5, 0.6) is 0 Å². The first-order chi connectivity index (χ1) is 12.3. The van der Waals surface area contributed by atoms with E-state index in [9.17, 15) is 4.79 Å². The molecule has 3 heterocycles. The second kappa shape index (κ2) is 7.09. The van der Waals surface area contributed by atoms with Gasteiger partial charge in [-0.2, -0.15) is 0 Å². The Kier molecular flexibility index (Phi) is 4.50. The molecule has 1 atom stereocenters. The number of hydrogen-bond acceptors (Lipinski definition) is 3. The number of para-hydroxylation sites is 2. The fourth-order valence-electron chi connectivity index (χ4n) is 3.72. The minimum absolute atomic E-state index is 0.193. The van der Waals surface area contributed by atoms with Crippen molar-refractivity contribution in [1.82, 2.24) is 24.0 Å². The minimum atomic E-state index is 0.193. The lowest BCUT2D eigenvalue weighted by Crippen LogP contribution is -2.45. The van der Waals surface area contributed by atoms with Gasteiger partial charge in [0.2, 0.25) is 5.91 Å². The lowest BCUT2D eigenvalue weighted by molar-refractivity contribution is -0.135. The van der Waals surface area contributed by atoms with E-state index in [0.29, 0.717) is 12.6 Å². The first-order valence-electron chi connectivity index (χ1n) is 8.96. The zero-order chi connectivity index (χ0) is 17.1. The van der Waals surface area contributed by atoms with Gasteiger partial charge in [-0.3, -0.25) is 4.79 Å². The second-order valence-electron chi connectivity index (χ2n) is 6.69. The molecule has 1 saturated heterocycles. The third kappa shape index (κ3) is 3.43. The number of benzene rings is 1. The molecule has 1 amide bonds. The zero-order valence-electron chi connectivity index (χ0n) is 14.3. The average Bonchev–Trinajstić information content (AvgIpc) is 3.30. The Balaban J connectivity index is 1.45. The highest BCUT2D eigenvalue weighted by atomic mass is 16.2. The van der Waals surface area contributed by atoms with Gasteiger partial charge in [0.25, 0.3) is 0 Å². The lowest BCUT2D eigenvalue weighted by atomic mass is 9.99. The Labute approximate surface area is 147 Å². The number of hydrogen-bond donors (Lipinski definition) is 0. The summed E-state index contributed by atoms with van der Waals surface area (Å²) in [6, 6.07) is 8.27. The highest BCUT2D eigenvalue weighted by Crippen LogP contribution is 2.21. The summed E-state index contributed by atoms with van der Waals surface area (Å²) in [5.74, 6) is 0.193. The largest absolute Gasteiger partial charge is 0.338 e. The van der Waals surface area contributed by atoms with Gasteiger partial charge in [-0.15, -0.1) is 0 Å². The number of fused-ring (bicyclic) bond motifs is 1. The van der Waals surface area contributed by atoms with Crippen LogP contribution in [0.3, 0.4) is 0 Å². The van der Waals surface area contributed by atoms with Crippen LogP contribution in [0.2, 0.25) is 0 Å². The number of carbonyl (C=O) groups is 1. The van der Waals surface area contributed by atoms with Crippen molar-refractivity contribution in [3.05, 3.63) is 49.3 Å². The van der Waals surface area contributed by atoms with Gasteiger partial charge in [-0.25, -0.2) is 9.97 Å². The van der Waals surface area contributed by atoms with E-state index in [1.807, 2.05) is 41.4 Å². The second-order valence-corrected chi connectivity index (χ2v) is 6.69. The molecule has 0 spiro atoms. The molecule has 0 bridgehead atoms. The van der Waals surface area contributed by atoms with E-state index in [2.05, 4.69) is 19.4 Å². The molecular formula is C19H23N5O. The van der Waals surface area contributed by atoms with Gasteiger partial charge in [-0.1, -0.05) is 12.1 Å². The van der Waals surface area contributed by atoms with Gasteiger partial charge in [0.1, 0.15) is 6.54 Å². The van der Waals surface area contributed by atoms with Crippen LogP contribution in [0.4, 0.5) is 0 Å². The molecule has 0 N–H and O–H groups in total. The van der Waals surface area contributed by atoms with E-state index in [0.717, 1.165) is 43.4 Å². The Morgan fingerprint density at radius 3 is 3.00 bits per heavy atom. The Hall–Kier alpha value is -2.63. The number of piperidine rings is 1. The number of imidazole rings is 2. The van der Waals surface area contributed by atoms with Crippen molar-refractivity contribution >= 4 is 16.9 Å². The SMILES string of the molecule is O=C(Cn1cnc2ccccc21)N1CCCC[C@@H]1CCn1ccnc1. The van der Waals surface area contributed by atoms with Crippen molar-refractivity contribution in [3.8, 4) is 0 Å². The zero-order valence-corrected chi connectivity index (χ0v) is 14.3. The Bertz CT molecular complexity index is 839. The van der Waals surface area contributed by atoms with E-state index in [-0.39, 0.29) is 5.91 Å². The van der Waals surface area contributed by atoms with Crippen molar-refractivity contribution in [2.45, 2.75) is 44.8 Å². The molecule has 1 aliphatic rings. The fraction of sp³-hybridized carbons (Fsp3) is 0.421. The molecule has 6 heteroatoms. The van der Waals surface area contributed by atoms with Crippen molar-refractivity contribution in [3.63, 3.8) is 0 Å². The Morgan fingerprint density at radius 1 is 1.20 bits per heavy atom. The molecule has 1 fully saturated rings. The normalized spacial score (nSPS) is 17.9. The first-order valence-corrected chi connectivity index (χ1v) is 8.96. The van der Waals surface area contributed by atoms with Crippen LogP contribution in [-0.2, 0) is 17.9 Å². The van der Waals surface area contributed by atoms with Gasteiger partial charge in [0, 0.05) is 31.5 Å². The molecule has 1 aliphatic heterocycles. The summed E-state index contributed by atoms with van der Waals surface area (Å²) in [4.78, 5) is 23.5. The first kappa shape index (κ1) is 15.9. The summed E-state index contributed by atoms with van der Waals surface area (Å²) in [6.07, 6.45) is 11.8. The number of nitrogens with zero attached hydrogens (tertiary/aromatic N) is 5. The van der Waals surface area contributed by atoms with Crippen LogP contribution in [0.15, 0.2) is 49.3 Å². The highest BCUT2D eigenvalue weighted by Gasteiger charge is 2.26. The van der Waals surface area contributed by atoms with Crippen LogP contribution in [0.1, 0.15) is 25.7 Å². The van der Waals surface area contributed by atoms with E-state index >= 15 is 0 Å².